The van der Waals surface area contributed by atoms with Crippen molar-refractivity contribution in [2.24, 2.45) is 0 Å². The minimum Gasteiger partial charge on any atom is -0.496 e. The number of alkyl halides is 3. The molecule has 4 aromatic rings. The molecule has 0 aliphatic carbocycles. The highest BCUT2D eigenvalue weighted by Gasteiger charge is 2.38. The summed E-state index contributed by atoms with van der Waals surface area (Å²) in [4.78, 5) is 4.11. The first kappa shape index (κ1) is 22.1. The van der Waals surface area contributed by atoms with Gasteiger partial charge in [-0.1, -0.05) is 6.07 Å². The van der Waals surface area contributed by atoms with Crippen molar-refractivity contribution in [3.63, 3.8) is 0 Å². The van der Waals surface area contributed by atoms with Crippen LogP contribution in [0.15, 0.2) is 47.0 Å². The van der Waals surface area contributed by atoms with Crippen molar-refractivity contribution in [1.29, 1.82) is 0 Å². The Hall–Kier alpha value is -3.69. The van der Waals surface area contributed by atoms with Crippen molar-refractivity contribution in [2.75, 3.05) is 7.11 Å². The maximum atomic E-state index is 14.0. The van der Waals surface area contributed by atoms with Gasteiger partial charge in [-0.2, -0.15) is 13.2 Å². The summed E-state index contributed by atoms with van der Waals surface area (Å²) in [7, 11) is 1.53. The Morgan fingerprint density at radius 2 is 1.94 bits per heavy atom. The van der Waals surface area contributed by atoms with Crippen LogP contribution in [-0.4, -0.2) is 26.9 Å². The van der Waals surface area contributed by atoms with Gasteiger partial charge in [0.1, 0.15) is 17.4 Å². The molecule has 3 heterocycles. The number of hydrogen-bond donors (Lipinski definition) is 0. The molecule has 0 saturated heterocycles. The average molecular weight is 472 g/mol. The average Bonchev–Trinajstić information content (AvgIpc) is 3.44. The van der Waals surface area contributed by atoms with Gasteiger partial charge in [0, 0.05) is 24.9 Å². The second-order valence-corrected chi connectivity index (χ2v) is 8.12. The molecule has 0 saturated carbocycles. The van der Waals surface area contributed by atoms with Crippen LogP contribution in [0.4, 0.5) is 17.6 Å². The summed E-state index contributed by atoms with van der Waals surface area (Å²) in [6, 6.07) is 7.97. The maximum absolute atomic E-state index is 14.0. The number of methoxy groups -OCH3 is 1. The third-order valence-corrected chi connectivity index (χ3v) is 6.01. The molecule has 0 fully saturated rings. The summed E-state index contributed by atoms with van der Waals surface area (Å²) >= 11 is 0. The molecule has 6 nitrogen and oxygen atoms in total. The zero-order valence-corrected chi connectivity index (χ0v) is 18.4. The number of nitrogens with zero attached hydrogens (tertiary/aromatic N) is 4. The highest BCUT2D eigenvalue weighted by molar-refractivity contribution is 5.71. The molecule has 34 heavy (non-hydrogen) atoms. The molecule has 2 aromatic carbocycles. The molecular formula is C24H20F4N4O2. The number of aryl methyl sites for hydroxylation is 1. The third kappa shape index (κ3) is 3.82. The molecular weight excluding hydrogens is 452 g/mol. The van der Waals surface area contributed by atoms with Gasteiger partial charge < -0.3 is 13.7 Å². The van der Waals surface area contributed by atoms with E-state index in [0.717, 1.165) is 18.2 Å². The van der Waals surface area contributed by atoms with Crippen LogP contribution in [0, 0.1) is 12.7 Å². The first-order valence-corrected chi connectivity index (χ1v) is 10.7. The minimum absolute atomic E-state index is 0.124. The number of benzene rings is 2. The van der Waals surface area contributed by atoms with Crippen LogP contribution in [-0.2, 0) is 12.7 Å². The van der Waals surface area contributed by atoms with Crippen LogP contribution < -0.4 is 4.74 Å². The lowest BCUT2D eigenvalue weighted by Gasteiger charge is -2.26. The van der Waals surface area contributed by atoms with Gasteiger partial charge in [-0.05, 0) is 48.7 Å². The van der Waals surface area contributed by atoms with E-state index in [9.17, 15) is 17.6 Å². The number of rotatable bonds is 4. The number of fused-ring (bicyclic) bond motifs is 1. The van der Waals surface area contributed by atoms with Crippen LogP contribution in [0.1, 0.15) is 41.6 Å². The first-order valence-electron chi connectivity index (χ1n) is 10.7. The van der Waals surface area contributed by atoms with Crippen LogP contribution in [0.25, 0.3) is 22.7 Å². The van der Waals surface area contributed by atoms with Crippen molar-refractivity contribution in [3.05, 3.63) is 71.3 Å². The van der Waals surface area contributed by atoms with Gasteiger partial charge in [-0.3, -0.25) is 0 Å². The molecule has 0 amide bonds. The van der Waals surface area contributed by atoms with E-state index < -0.39 is 23.5 Å². The summed E-state index contributed by atoms with van der Waals surface area (Å²) in [5.74, 6) is 1.05. The lowest BCUT2D eigenvalue weighted by Crippen LogP contribution is -2.21. The van der Waals surface area contributed by atoms with E-state index in [-0.39, 0.29) is 5.56 Å². The molecule has 1 unspecified atom stereocenters. The lowest BCUT2D eigenvalue weighted by molar-refractivity contribution is -0.138. The molecule has 10 heteroatoms. The Morgan fingerprint density at radius 3 is 2.65 bits per heavy atom. The molecule has 1 aliphatic rings. The number of oxazole rings is 1. The second-order valence-electron chi connectivity index (χ2n) is 8.12. The van der Waals surface area contributed by atoms with Gasteiger partial charge in [-0.15, -0.1) is 10.2 Å². The summed E-state index contributed by atoms with van der Waals surface area (Å²) in [5, 5.41) is 8.52. The van der Waals surface area contributed by atoms with Crippen molar-refractivity contribution >= 4 is 0 Å². The zero-order valence-electron chi connectivity index (χ0n) is 18.4. The lowest BCUT2D eigenvalue weighted by atomic mass is 9.87. The van der Waals surface area contributed by atoms with E-state index in [1.54, 1.807) is 23.8 Å². The van der Waals surface area contributed by atoms with Crippen LogP contribution in [0.2, 0.25) is 0 Å². The van der Waals surface area contributed by atoms with Gasteiger partial charge in [0.25, 0.3) is 0 Å². The van der Waals surface area contributed by atoms with Crippen molar-refractivity contribution in [1.82, 2.24) is 19.7 Å². The van der Waals surface area contributed by atoms with Crippen molar-refractivity contribution in [3.8, 4) is 28.5 Å². The van der Waals surface area contributed by atoms with E-state index in [1.807, 2.05) is 12.1 Å². The van der Waals surface area contributed by atoms with Crippen LogP contribution >= 0.6 is 0 Å². The predicted octanol–water partition coefficient (Wildman–Crippen LogP) is 6.00. The van der Waals surface area contributed by atoms with E-state index in [1.165, 1.54) is 7.11 Å². The highest BCUT2D eigenvalue weighted by atomic mass is 19.4. The molecule has 2 aromatic heterocycles. The Bertz CT molecular complexity index is 1360. The van der Waals surface area contributed by atoms with E-state index in [2.05, 4.69) is 15.2 Å². The Balaban J connectivity index is 1.57. The molecule has 0 spiro atoms. The van der Waals surface area contributed by atoms with E-state index >= 15 is 0 Å². The predicted molar refractivity (Wildman–Crippen MR) is 115 cm³/mol. The topological polar surface area (TPSA) is 66.0 Å². The molecule has 1 aliphatic heterocycles. The van der Waals surface area contributed by atoms with Gasteiger partial charge >= 0.3 is 6.18 Å². The fraction of sp³-hybridized carbons (Fsp3) is 0.292. The van der Waals surface area contributed by atoms with Crippen molar-refractivity contribution in [2.45, 2.75) is 38.4 Å². The molecule has 0 bridgehead atoms. The van der Waals surface area contributed by atoms with Gasteiger partial charge in [0.15, 0.2) is 17.5 Å². The summed E-state index contributed by atoms with van der Waals surface area (Å²) < 4.78 is 67.9. The second kappa shape index (κ2) is 8.27. The fourth-order valence-electron chi connectivity index (χ4n) is 4.48. The maximum Gasteiger partial charge on any atom is 0.416 e. The molecule has 176 valence electrons. The zero-order chi connectivity index (χ0) is 24.0. The van der Waals surface area contributed by atoms with Gasteiger partial charge in [0.05, 0.1) is 24.4 Å². The molecule has 0 radical (unpaired) electrons. The quantitative estimate of drug-likeness (QED) is 0.341. The summed E-state index contributed by atoms with van der Waals surface area (Å²) in [6.45, 7) is 2.28. The summed E-state index contributed by atoms with van der Waals surface area (Å²) in [6.07, 6.45) is -1.98. The van der Waals surface area contributed by atoms with E-state index in [4.69, 9.17) is 9.15 Å². The molecule has 1 atom stereocenters. The standard InChI is InChI=1S/C24H20F4N4O2/c1-13-29-12-21(34-13)17-7-5-14(10-20(17)33-2)22-30-31-23-16(4-3-9-32(22)23)18-11-15(25)6-8-19(18)24(26,27)28/h5-8,10-12,16H,3-4,9H2,1-2H3. The van der Waals surface area contributed by atoms with Crippen molar-refractivity contribution < 1.29 is 26.7 Å². The SMILES string of the molecule is COc1cc(-c2nnc3n2CCCC3c2cc(F)ccc2C(F)(F)F)ccc1-c1cnc(C)o1. The highest BCUT2D eigenvalue weighted by Crippen LogP contribution is 2.42. The number of ether oxygens (including phenoxy) is 1. The number of hydrogen-bond acceptors (Lipinski definition) is 5. The van der Waals surface area contributed by atoms with E-state index in [0.29, 0.717) is 59.6 Å². The Labute approximate surface area is 192 Å². The third-order valence-electron chi connectivity index (χ3n) is 6.01. The Kier molecular flexibility index (Phi) is 5.38. The largest absolute Gasteiger partial charge is 0.496 e. The smallest absolute Gasteiger partial charge is 0.416 e. The van der Waals surface area contributed by atoms with Gasteiger partial charge in [-0.25, -0.2) is 9.37 Å². The summed E-state index contributed by atoms with van der Waals surface area (Å²) in [5.41, 5.74) is 0.413. The van der Waals surface area contributed by atoms with Gasteiger partial charge in [0.2, 0.25) is 0 Å². The van der Waals surface area contributed by atoms with Crippen LogP contribution in [0.5, 0.6) is 5.75 Å². The molecule has 5 rings (SSSR count). The Morgan fingerprint density at radius 1 is 1.12 bits per heavy atom. The minimum atomic E-state index is -4.60. The normalized spacial score (nSPS) is 15.9. The molecule has 0 N–H and O–H groups in total. The number of aromatic nitrogens is 4. The van der Waals surface area contributed by atoms with Crippen LogP contribution in [0.3, 0.4) is 0 Å². The number of halogens is 4. The first-order chi connectivity index (χ1) is 16.3. The fourth-order valence-corrected chi connectivity index (χ4v) is 4.48. The monoisotopic (exact) mass is 472 g/mol.